The van der Waals surface area contributed by atoms with Gasteiger partial charge in [0.25, 0.3) is 0 Å². The first-order valence-corrected chi connectivity index (χ1v) is 11.7. The highest BCUT2D eigenvalue weighted by Crippen LogP contribution is 2.39. The normalized spacial score (nSPS) is 10.9. The van der Waals surface area contributed by atoms with Crippen LogP contribution >= 0.6 is 47.8 Å². The molecule has 0 saturated carbocycles. The maximum atomic E-state index is 3.79. The molecular weight excluding hydrogens is 552 g/mol. The quantitative estimate of drug-likeness (QED) is 0.230. The van der Waals surface area contributed by atoms with E-state index < -0.39 is 0 Å². The molecule has 0 radical (unpaired) electrons. The molecule has 4 rings (SSSR count). The summed E-state index contributed by atoms with van der Waals surface area (Å²) >= 11 is 11.2. The topological polar surface area (TPSA) is 0 Å². The minimum Gasteiger partial charge on any atom is -0.0616 e. The van der Waals surface area contributed by atoms with Crippen LogP contribution in [0.15, 0.2) is 92.3 Å². The summed E-state index contributed by atoms with van der Waals surface area (Å²) in [6, 6.07) is 28.0. The van der Waals surface area contributed by atoms with Gasteiger partial charge in [0, 0.05) is 13.4 Å². The van der Waals surface area contributed by atoms with Gasteiger partial charge in [-0.15, -0.1) is 0 Å². The van der Waals surface area contributed by atoms with Crippen molar-refractivity contribution in [1.82, 2.24) is 0 Å². The largest absolute Gasteiger partial charge is 0.0616 e. The fourth-order valence-electron chi connectivity index (χ4n) is 3.49. The van der Waals surface area contributed by atoms with Gasteiger partial charge in [-0.25, -0.2) is 0 Å². The van der Waals surface area contributed by atoms with Crippen LogP contribution in [0.1, 0.15) is 11.1 Å². The van der Waals surface area contributed by atoms with Gasteiger partial charge in [-0.3, -0.25) is 0 Å². The van der Waals surface area contributed by atoms with Crippen molar-refractivity contribution in [3.05, 3.63) is 103 Å². The number of benzene rings is 4. The Morgan fingerprint density at radius 3 is 1.34 bits per heavy atom. The number of aryl methyl sites for hydroxylation is 2. The van der Waals surface area contributed by atoms with Crippen LogP contribution in [0.25, 0.3) is 33.4 Å². The van der Waals surface area contributed by atoms with Gasteiger partial charge in [0.1, 0.15) is 0 Å². The zero-order chi connectivity index (χ0) is 20.5. The van der Waals surface area contributed by atoms with Crippen LogP contribution in [-0.2, 0) is 0 Å². The van der Waals surface area contributed by atoms with Gasteiger partial charge >= 0.3 is 0 Å². The zero-order valence-electron chi connectivity index (χ0n) is 16.1. The molecule has 0 saturated heterocycles. The average molecular weight is 571 g/mol. The molecule has 0 nitrogen and oxygen atoms in total. The van der Waals surface area contributed by atoms with Gasteiger partial charge < -0.3 is 0 Å². The summed E-state index contributed by atoms with van der Waals surface area (Å²) in [6.45, 7) is 4.31. The van der Waals surface area contributed by atoms with Crippen molar-refractivity contribution in [2.75, 3.05) is 0 Å². The van der Waals surface area contributed by atoms with Crippen molar-refractivity contribution in [3.63, 3.8) is 0 Å². The highest BCUT2D eigenvalue weighted by Gasteiger charge is 2.13. The van der Waals surface area contributed by atoms with Gasteiger partial charge in [0.05, 0.1) is 0 Å². The van der Waals surface area contributed by atoms with Gasteiger partial charge in [0.2, 0.25) is 0 Å². The van der Waals surface area contributed by atoms with Crippen molar-refractivity contribution in [2.24, 2.45) is 0 Å². The minimum atomic E-state index is 1.09. The van der Waals surface area contributed by atoms with Crippen LogP contribution in [-0.4, -0.2) is 0 Å². The number of rotatable bonds is 3. The van der Waals surface area contributed by atoms with E-state index in [9.17, 15) is 0 Å². The molecule has 3 heteroatoms. The van der Waals surface area contributed by atoms with Crippen LogP contribution in [0, 0.1) is 13.8 Å². The Morgan fingerprint density at radius 2 is 0.862 bits per heavy atom. The maximum absolute atomic E-state index is 3.79. The van der Waals surface area contributed by atoms with Crippen molar-refractivity contribution in [1.29, 1.82) is 0 Å². The molecule has 0 atom stereocenters. The second kappa shape index (κ2) is 8.59. The van der Waals surface area contributed by atoms with Crippen LogP contribution < -0.4 is 0 Å². The van der Waals surface area contributed by atoms with E-state index in [1.807, 2.05) is 12.1 Å². The lowest BCUT2D eigenvalue weighted by molar-refractivity contribution is 1.33. The Kier molecular flexibility index (Phi) is 6.10. The minimum absolute atomic E-state index is 1.09. The SMILES string of the molecule is Cc1cc(Br)c(-c2cc(-c3ccccc3Br)cc(-c3ccccc3Br)c2)cc1C. The summed E-state index contributed by atoms with van der Waals surface area (Å²) in [4.78, 5) is 0. The molecule has 0 unspecified atom stereocenters. The molecule has 0 aliphatic carbocycles. The maximum Gasteiger partial charge on any atom is 0.0256 e. The van der Waals surface area contributed by atoms with Crippen molar-refractivity contribution < 1.29 is 0 Å². The third kappa shape index (κ3) is 4.28. The fraction of sp³-hybridized carbons (Fsp3) is 0.0769. The van der Waals surface area contributed by atoms with E-state index in [2.05, 4.69) is 128 Å². The Balaban J connectivity index is 2.00. The number of halogens is 3. The monoisotopic (exact) mass is 568 g/mol. The van der Waals surface area contributed by atoms with E-state index in [4.69, 9.17) is 0 Å². The first kappa shape index (κ1) is 20.6. The van der Waals surface area contributed by atoms with Crippen LogP contribution in [0.4, 0.5) is 0 Å². The van der Waals surface area contributed by atoms with Crippen LogP contribution in [0.2, 0.25) is 0 Å². The predicted octanol–water partition coefficient (Wildman–Crippen LogP) is 9.59. The lowest BCUT2D eigenvalue weighted by Crippen LogP contribution is -1.90. The van der Waals surface area contributed by atoms with E-state index in [1.54, 1.807) is 0 Å². The molecule has 0 fully saturated rings. The lowest BCUT2D eigenvalue weighted by Gasteiger charge is -2.15. The van der Waals surface area contributed by atoms with Gasteiger partial charge in [-0.1, -0.05) is 90.3 Å². The second-order valence-electron chi connectivity index (χ2n) is 7.18. The van der Waals surface area contributed by atoms with E-state index in [0.717, 1.165) is 13.4 Å². The third-order valence-electron chi connectivity index (χ3n) is 5.20. The summed E-state index contributed by atoms with van der Waals surface area (Å²) in [5.41, 5.74) is 9.71. The van der Waals surface area contributed by atoms with E-state index in [0.29, 0.717) is 0 Å². The standard InChI is InChI=1S/C26H19Br3/c1-16-11-23(26(29)12-17(16)2)20-14-18(21-7-3-5-9-24(21)27)13-19(15-20)22-8-4-6-10-25(22)28/h3-15H,1-2H3. The Morgan fingerprint density at radius 1 is 0.448 bits per heavy atom. The Labute approximate surface area is 197 Å². The smallest absolute Gasteiger partial charge is 0.0256 e. The zero-order valence-corrected chi connectivity index (χ0v) is 20.9. The first-order chi connectivity index (χ1) is 13.9. The van der Waals surface area contributed by atoms with Gasteiger partial charge in [-0.05, 0) is 94.8 Å². The summed E-state index contributed by atoms with van der Waals surface area (Å²) in [7, 11) is 0. The lowest BCUT2D eigenvalue weighted by atomic mass is 9.92. The highest BCUT2D eigenvalue weighted by molar-refractivity contribution is 9.11. The average Bonchev–Trinajstić information content (AvgIpc) is 2.71. The molecule has 0 aromatic heterocycles. The molecule has 144 valence electrons. The summed E-state index contributed by atoms with van der Waals surface area (Å²) < 4.78 is 3.30. The molecule has 0 heterocycles. The number of hydrogen-bond acceptors (Lipinski definition) is 0. The molecule has 4 aromatic carbocycles. The molecule has 0 spiro atoms. The molecule has 0 aliphatic heterocycles. The van der Waals surface area contributed by atoms with E-state index in [-0.39, 0.29) is 0 Å². The molecule has 0 N–H and O–H groups in total. The van der Waals surface area contributed by atoms with Gasteiger partial charge in [-0.2, -0.15) is 0 Å². The van der Waals surface area contributed by atoms with Crippen molar-refractivity contribution >= 4 is 47.8 Å². The second-order valence-corrected chi connectivity index (χ2v) is 9.74. The molecule has 29 heavy (non-hydrogen) atoms. The van der Waals surface area contributed by atoms with Gasteiger partial charge in [0.15, 0.2) is 0 Å². The first-order valence-electron chi connectivity index (χ1n) is 9.36. The molecule has 0 bridgehead atoms. The van der Waals surface area contributed by atoms with Crippen molar-refractivity contribution in [3.8, 4) is 33.4 Å². The summed E-state index contributed by atoms with van der Waals surface area (Å²) in [6.07, 6.45) is 0. The molecular formula is C26H19Br3. The van der Waals surface area contributed by atoms with Crippen molar-refractivity contribution in [2.45, 2.75) is 13.8 Å². The van der Waals surface area contributed by atoms with Crippen LogP contribution in [0.3, 0.4) is 0 Å². The molecule has 0 aliphatic rings. The molecule has 0 amide bonds. The summed E-state index contributed by atoms with van der Waals surface area (Å²) in [5, 5.41) is 0. The Hall–Kier alpha value is -1.68. The van der Waals surface area contributed by atoms with E-state index in [1.165, 1.54) is 44.5 Å². The predicted molar refractivity (Wildman–Crippen MR) is 135 cm³/mol. The molecule has 4 aromatic rings. The fourth-order valence-corrected chi connectivity index (χ4v) is 5.20. The Bertz CT molecular complexity index is 1140. The number of hydrogen-bond donors (Lipinski definition) is 0. The van der Waals surface area contributed by atoms with E-state index >= 15 is 0 Å². The van der Waals surface area contributed by atoms with Crippen LogP contribution in [0.5, 0.6) is 0 Å². The third-order valence-corrected chi connectivity index (χ3v) is 7.24. The highest BCUT2D eigenvalue weighted by atomic mass is 79.9. The summed E-state index contributed by atoms with van der Waals surface area (Å²) in [5.74, 6) is 0.